The molecule has 0 aliphatic heterocycles. The zero-order chi connectivity index (χ0) is 10.6. The van der Waals surface area contributed by atoms with Crippen LogP contribution in [0.3, 0.4) is 0 Å². The van der Waals surface area contributed by atoms with Gasteiger partial charge in [-0.15, -0.1) is 0 Å². The van der Waals surface area contributed by atoms with Gasteiger partial charge in [0.2, 0.25) is 0 Å². The van der Waals surface area contributed by atoms with Gasteiger partial charge in [-0.2, -0.15) is 0 Å². The molecule has 0 unspecified atom stereocenters. The van der Waals surface area contributed by atoms with Crippen LogP contribution in [0.25, 0.3) is 0 Å². The lowest BCUT2D eigenvalue weighted by atomic mass is 9.92. The molecule has 1 aliphatic carbocycles. The molecule has 0 aromatic rings. The van der Waals surface area contributed by atoms with E-state index >= 15 is 0 Å². The first kappa shape index (κ1) is 12.0. The molecule has 3 heteroatoms. The molecule has 84 valence electrons. The monoisotopic (exact) mass is 201 g/mol. The Morgan fingerprint density at radius 1 is 1.50 bits per heavy atom. The van der Waals surface area contributed by atoms with Crippen molar-refractivity contribution in [1.29, 1.82) is 0 Å². The molecule has 0 saturated heterocycles. The maximum atomic E-state index is 10.0. The lowest BCUT2D eigenvalue weighted by Gasteiger charge is -2.26. The summed E-state index contributed by atoms with van der Waals surface area (Å²) in [4.78, 5) is 0. The van der Waals surface area contributed by atoms with Crippen LogP contribution in [0.5, 0.6) is 0 Å². The molecule has 0 aromatic heterocycles. The highest BCUT2D eigenvalue weighted by molar-refractivity contribution is 4.85. The van der Waals surface area contributed by atoms with E-state index in [9.17, 15) is 10.2 Å². The van der Waals surface area contributed by atoms with Gasteiger partial charge in [0.15, 0.2) is 0 Å². The van der Waals surface area contributed by atoms with Gasteiger partial charge in [0.05, 0.1) is 11.7 Å². The third-order valence-electron chi connectivity index (χ3n) is 2.73. The van der Waals surface area contributed by atoms with E-state index in [1.54, 1.807) is 0 Å². The van der Waals surface area contributed by atoms with Crippen LogP contribution in [0.15, 0.2) is 0 Å². The third-order valence-corrected chi connectivity index (χ3v) is 2.73. The Hall–Kier alpha value is -0.120. The van der Waals surface area contributed by atoms with E-state index in [1.165, 1.54) is 12.8 Å². The van der Waals surface area contributed by atoms with Gasteiger partial charge in [0.25, 0.3) is 0 Å². The second-order valence-electron chi connectivity index (χ2n) is 4.81. The SMILES string of the molecule is CCNC[C@@H](O)C[C@@](C)(O)CC1CC1. The first-order valence-electron chi connectivity index (χ1n) is 5.64. The number of likely N-dealkylation sites (N-methyl/N-ethyl adjacent to an activating group) is 1. The van der Waals surface area contributed by atoms with Crippen LogP contribution < -0.4 is 5.32 Å². The van der Waals surface area contributed by atoms with E-state index in [4.69, 9.17) is 0 Å². The Kier molecular flexibility index (Phi) is 4.35. The fourth-order valence-electron chi connectivity index (χ4n) is 1.92. The molecule has 1 rings (SSSR count). The standard InChI is InChI=1S/C11H23NO2/c1-3-12-8-10(13)7-11(2,14)6-9-4-5-9/h9-10,12-14H,3-8H2,1-2H3/t10-,11-/m0/s1. The number of aliphatic hydroxyl groups excluding tert-OH is 1. The molecule has 1 aliphatic rings. The third kappa shape index (κ3) is 4.94. The van der Waals surface area contributed by atoms with Crippen LogP contribution >= 0.6 is 0 Å². The van der Waals surface area contributed by atoms with Crippen LogP contribution in [0.4, 0.5) is 0 Å². The summed E-state index contributed by atoms with van der Waals surface area (Å²) in [5.74, 6) is 0.705. The highest BCUT2D eigenvalue weighted by Crippen LogP contribution is 2.38. The Balaban J connectivity index is 2.18. The summed E-state index contributed by atoms with van der Waals surface area (Å²) in [6, 6.07) is 0. The number of hydrogen-bond donors (Lipinski definition) is 3. The topological polar surface area (TPSA) is 52.5 Å². The molecule has 3 nitrogen and oxygen atoms in total. The average Bonchev–Trinajstić information content (AvgIpc) is 2.82. The first-order valence-corrected chi connectivity index (χ1v) is 5.64. The second kappa shape index (κ2) is 5.10. The quantitative estimate of drug-likeness (QED) is 0.573. The molecule has 2 atom stereocenters. The van der Waals surface area contributed by atoms with Crippen molar-refractivity contribution >= 4 is 0 Å². The van der Waals surface area contributed by atoms with E-state index in [0.29, 0.717) is 18.9 Å². The summed E-state index contributed by atoms with van der Waals surface area (Å²) in [5.41, 5.74) is -0.685. The van der Waals surface area contributed by atoms with Gasteiger partial charge in [-0.05, 0) is 25.8 Å². The van der Waals surface area contributed by atoms with Gasteiger partial charge < -0.3 is 15.5 Å². The molecule has 14 heavy (non-hydrogen) atoms. The van der Waals surface area contributed by atoms with Crippen molar-refractivity contribution in [2.45, 2.75) is 51.2 Å². The molecule has 1 saturated carbocycles. The van der Waals surface area contributed by atoms with Crippen LogP contribution in [0.2, 0.25) is 0 Å². The highest BCUT2D eigenvalue weighted by Gasteiger charge is 2.32. The Morgan fingerprint density at radius 3 is 2.64 bits per heavy atom. The molecule has 0 heterocycles. The van der Waals surface area contributed by atoms with Crippen LogP contribution in [0, 0.1) is 5.92 Å². The van der Waals surface area contributed by atoms with E-state index in [2.05, 4.69) is 5.32 Å². The summed E-state index contributed by atoms with van der Waals surface area (Å²) >= 11 is 0. The summed E-state index contributed by atoms with van der Waals surface area (Å²) in [7, 11) is 0. The molecular formula is C11H23NO2. The van der Waals surface area contributed by atoms with Gasteiger partial charge in [-0.1, -0.05) is 19.8 Å². The van der Waals surface area contributed by atoms with Gasteiger partial charge in [-0.3, -0.25) is 0 Å². The van der Waals surface area contributed by atoms with E-state index in [1.807, 2.05) is 13.8 Å². The molecule has 0 amide bonds. The molecule has 1 fully saturated rings. The van der Waals surface area contributed by atoms with Crippen molar-refractivity contribution in [3.05, 3.63) is 0 Å². The van der Waals surface area contributed by atoms with Gasteiger partial charge >= 0.3 is 0 Å². The summed E-state index contributed by atoms with van der Waals surface area (Å²) in [6.45, 7) is 5.29. The highest BCUT2D eigenvalue weighted by atomic mass is 16.3. The largest absolute Gasteiger partial charge is 0.392 e. The molecule has 0 spiro atoms. The number of nitrogens with one attached hydrogen (secondary N) is 1. The Bertz CT molecular complexity index is 167. The molecular weight excluding hydrogens is 178 g/mol. The minimum atomic E-state index is -0.685. The van der Waals surface area contributed by atoms with Gasteiger partial charge in [-0.25, -0.2) is 0 Å². The Labute approximate surface area is 86.5 Å². The zero-order valence-electron chi connectivity index (χ0n) is 9.29. The van der Waals surface area contributed by atoms with E-state index in [0.717, 1.165) is 13.0 Å². The summed E-state index contributed by atoms with van der Waals surface area (Å²) in [5, 5.41) is 22.7. The van der Waals surface area contributed by atoms with Crippen molar-refractivity contribution in [3.8, 4) is 0 Å². The number of rotatable bonds is 7. The predicted molar refractivity (Wildman–Crippen MR) is 57.1 cm³/mol. The van der Waals surface area contributed by atoms with Gasteiger partial charge in [0, 0.05) is 13.0 Å². The van der Waals surface area contributed by atoms with Crippen molar-refractivity contribution in [2.75, 3.05) is 13.1 Å². The van der Waals surface area contributed by atoms with Crippen molar-refractivity contribution in [2.24, 2.45) is 5.92 Å². The normalized spacial score (nSPS) is 23.1. The fourth-order valence-corrected chi connectivity index (χ4v) is 1.92. The lowest BCUT2D eigenvalue weighted by Crippen LogP contribution is -2.36. The van der Waals surface area contributed by atoms with Crippen molar-refractivity contribution in [1.82, 2.24) is 5.32 Å². The Morgan fingerprint density at radius 2 is 2.14 bits per heavy atom. The van der Waals surface area contributed by atoms with Crippen molar-refractivity contribution in [3.63, 3.8) is 0 Å². The molecule has 3 N–H and O–H groups in total. The van der Waals surface area contributed by atoms with Gasteiger partial charge in [0.1, 0.15) is 0 Å². The minimum absolute atomic E-state index is 0.427. The maximum absolute atomic E-state index is 10.0. The maximum Gasteiger partial charge on any atom is 0.0691 e. The van der Waals surface area contributed by atoms with Crippen LogP contribution in [0.1, 0.15) is 39.5 Å². The second-order valence-corrected chi connectivity index (χ2v) is 4.81. The summed E-state index contributed by atoms with van der Waals surface area (Å²) in [6.07, 6.45) is 3.40. The average molecular weight is 201 g/mol. The van der Waals surface area contributed by atoms with Crippen LogP contribution in [-0.2, 0) is 0 Å². The van der Waals surface area contributed by atoms with Crippen molar-refractivity contribution < 1.29 is 10.2 Å². The molecule has 0 aromatic carbocycles. The smallest absolute Gasteiger partial charge is 0.0691 e. The zero-order valence-corrected chi connectivity index (χ0v) is 9.29. The van der Waals surface area contributed by atoms with E-state index < -0.39 is 11.7 Å². The summed E-state index contributed by atoms with van der Waals surface area (Å²) < 4.78 is 0. The fraction of sp³-hybridized carbons (Fsp3) is 1.00. The molecule has 0 radical (unpaired) electrons. The van der Waals surface area contributed by atoms with Crippen LogP contribution in [-0.4, -0.2) is 35.0 Å². The lowest BCUT2D eigenvalue weighted by molar-refractivity contribution is -0.00589. The minimum Gasteiger partial charge on any atom is -0.392 e. The predicted octanol–water partition coefficient (Wildman–Crippen LogP) is 0.898. The first-order chi connectivity index (χ1) is 6.53. The molecule has 0 bridgehead atoms. The van der Waals surface area contributed by atoms with E-state index in [-0.39, 0.29) is 0 Å². The number of hydrogen-bond acceptors (Lipinski definition) is 3. The number of aliphatic hydroxyl groups is 2.